The summed E-state index contributed by atoms with van der Waals surface area (Å²) in [5.74, 6) is 2.59. The van der Waals surface area contributed by atoms with Crippen LogP contribution in [0.4, 0.5) is 0 Å². The van der Waals surface area contributed by atoms with E-state index in [1.165, 1.54) is 19.3 Å². The highest BCUT2D eigenvalue weighted by Crippen LogP contribution is 2.66. The van der Waals surface area contributed by atoms with Crippen molar-refractivity contribution in [2.24, 2.45) is 39.1 Å². The summed E-state index contributed by atoms with van der Waals surface area (Å²) in [4.78, 5) is 30.2. The smallest absolute Gasteiger partial charge is 0.211 e. The molecule has 4 aliphatic rings. The zero-order valence-corrected chi connectivity index (χ0v) is 13.6. The van der Waals surface area contributed by atoms with E-state index in [9.17, 15) is 9.59 Å². The molecule has 5 unspecified atom stereocenters. The average molecular weight is 302 g/mol. The van der Waals surface area contributed by atoms with Gasteiger partial charge in [0.15, 0.2) is 0 Å². The van der Waals surface area contributed by atoms with Gasteiger partial charge in [0, 0.05) is 0 Å². The van der Waals surface area contributed by atoms with Crippen molar-refractivity contribution in [2.75, 3.05) is 0 Å². The molecule has 0 spiro atoms. The SMILES string of the molecule is CCC(N=C=O)C1C2CC3CC(C2)CC1(C(CC)N=C=O)C3. The summed E-state index contributed by atoms with van der Waals surface area (Å²) in [6.45, 7) is 4.22. The molecule has 0 N–H and O–H groups in total. The van der Waals surface area contributed by atoms with Crippen molar-refractivity contribution in [3.05, 3.63) is 0 Å². The number of rotatable bonds is 6. The number of hydrogen-bond acceptors (Lipinski definition) is 4. The lowest BCUT2D eigenvalue weighted by molar-refractivity contribution is -0.130. The maximum absolute atomic E-state index is 11.0. The number of hydrogen-bond donors (Lipinski definition) is 0. The maximum atomic E-state index is 11.0. The Morgan fingerprint density at radius 3 is 2.14 bits per heavy atom. The summed E-state index contributed by atoms with van der Waals surface area (Å²) in [6, 6.07) is 0.0812. The maximum Gasteiger partial charge on any atom is 0.235 e. The van der Waals surface area contributed by atoms with Gasteiger partial charge >= 0.3 is 0 Å². The van der Waals surface area contributed by atoms with Gasteiger partial charge in [0.25, 0.3) is 0 Å². The van der Waals surface area contributed by atoms with E-state index in [4.69, 9.17) is 0 Å². The van der Waals surface area contributed by atoms with Crippen molar-refractivity contribution in [1.82, 2.24) is 0 Å². The molecule has 4 rings (SSSR count). The first-order chi connectivity index (χ1) is 10.7. The van der Waals surface area contributed by atoms with Gasteiger partial charge in [-0.3, -0.25) is 0 Å². The van der Waals surface area contributed by atoms with Crippen molar-refractivity contribution >= 4 is 12.2 Å². The quantitative estimate of drug-likeness (QED) is 0.555. The summed E-state index contributed by atoms with van der Waals surface area (Å²) in [5.41, 5.74) is 0.0575. The Balaban J connectivity index is 2.04. The Bertz CT molecular complexity index is 505. The van der Waals surface area contributed by atoms with Crippen LogP contribution in [0.15, 0.2) is 9.98 Å². The highest BCUT2D eigenvalue weighted by atomic mass is 16.1. The molecule has 0 heterocycles. The molecule has 0 aromatic carbocycles. The number of carbonyl (C=O) groups excluding carboxylic acids is 2. The van der Waals surface area contributed by atoms with Gasteiger partial charge in [0.2, 0.25) is 12.2 Å². The van der Waals surface area contributed by atoms with Gasteiger partial charge in [-0.25, -0.2) is 19.6 Å². The molecule has 0 aromatic rings. The Labute approximate surface area is 132 Å². The van der Waals surface area contributed by atoms with E-state index < -0.39 is 0 Å². The van der Waals surface area contributed by atoms with Gasteiger partial charge in [-0.05, 0) is 74.0 Å². The predicted molar refractivity (Wildman–Crippen MR) is 83.9 cm³/mol. The first-order valence-corrected chi connectivity index (χ1v) is 8.82. The average Bonchev–Trinajstić information content (AvgIpc) is 2.50. The van der Waals surface area contributed by atoms with E-state index >= 15 is 0 Å². The van der Waals surface area contributed by atoms with E-state index in [1.807, 2.05) is 6.08 Å². The minimum atomic E-state index is 0.0402. The third-order valence-corrected chi connectivity index (χ3v) is 6.76. The molecule has 22 heavy (non-hydrogen) atoms. The fourth-order valence-corrected chi connectivity index (χ4v) is 6.52. The summed E-state index contributed by atoms with van der Waals surface area (Å²) in [5, 5.41) is 0. The Morgan fingerprint density at radius 2 is 1.64 bits per heavy atom. The molecule has 4 fully saturated rings. The van der Waals surface area contributed by atoms with Crippen molar-refractivity contribution in [3.8, 4) is 0 Å². The molecule has 4 heteroatoms. The van der Waals surface area contributed by atoms with Crippen molar-refractivity contribution in [1.29, 1.82) is 0 Å². The fraction of sp³-hybridized carbons (Fsp3) is 0.889. The highest BCUT2D eigenvalue weighted by molar-refractivity contribution is 5.35. The van der Waals surface area contributed by atoms with Gasteiger partial charge in [0.1, 0.15) is 0 Å². The summed E-state index contributed by atoms with van der Waals surface area (Å²) >= 11 is 0. The van der Waals surface area contributed by atoms with Crippen LogP contribution in [0, 0.1) is 29.1 Å². The van der Waals surface area contributed by atoms with Gasteiger partial charge in [-0.15, -0.1) is 0 Å². The third-order valence-electron chi connectivity index (χ3n) is 6.76. The molecule has 0 saturated heterocycles. The lowest BCUT2D eigenvalue weighted by Crippen LogP contribution is -2.60. The second kappa shape index (κ2) is 6.10. The van der Waals surface area contributed by atoms with Crippen LogP contribution in [-0.2, 0) is 9.59 Å². The van der Waals surface area contributed by atoms with Crippen molar-refractivity contribution < 1.29 is 9.59 Å². The van der Waals surface area contributed by atoms with Crippen LogP contribution in [0.1, 0.15) is 58.8 Å². The molecule has 4 aliphatic carbocycles. The molecule has 4 nitrogen and oxygen atoms in total. The molecular weight excluding hydrogens is 276 g/mol. The first kappa shape index (κ1) is 15.6. The first-order valence-electron chi connectivity index (χ1n) is 8.82. The van der Waals surface area contributed by atoms with Crippen LogP contribution >= 0.6 is 0 Å². The Hall–Kier alpha value is -1.24. The number of aliphatic imine (C=N–C) groups is 2. The second-order valence-corrected chi connectivity index (χ2v) is 7.71. The van der Waals surface area contributed by atoms with Crippen LogP contribution < -0.4 is 0 Å². The zero-order valence-electron chi connectivity index (χ0n) is 13.6. The molecule has 4 saturated carbocycles. The fourth-order valence-electron chi connectivity index (χ4n) is 6.52. The number of nitrogens with zero attached hydrogens (tertiary/aromatic N) is 2. The molecule has 0 amide bonds. The minimum absolute atomic E-state index is 0.0402. The normalized spacial score (nSPS) is 41.4. The van der Waals surface area contributed by atoms with E-state index in [1.54, 1.807) is 6.08 Å². The predicted octanol–water partition coefficient (Wildman–Crippen LogP) is 3.66. The molecule has 0 aromatic heterocycles. The summed E-state index contributed by atoms with van der Waals surface area (Å²) < 4.78 is 0. The second-order valence-electron chi connectivity index (χ2n) is 7.71. The standard InChI is InChI=1S/C18H26N2O2/c1-3-15(19-10-21)17-14-6-12-5-13(7-14)9-18(17,8-12)16(4-2)20-11-22/h12-17H,3-9H2,1-2H3. The lowest BCUT2D eigenvalue weighted by Gasteiger charge is -2.64. The Morgan fingerprint density at radius 1 is 1.00 bits per heavy atom. The van der Waals surface area contributed by atoms with Gasteiger partial charge < -0.3 is 0 Å². The topological polar surface area (TPSA) is 58.9 Å². The van der Waals surface area contributed by atoms with E-state index in [0.717, 1.165) is 37.5 Å². The van der Waals surface area contributed by atoms with Crippen molar-refractivity contribution in [2.45, 2.75) is 70.9 Å². The molecule has 5 atom stereocenters. The van der Waals surface area contributed by atoms with Gasteiger partial charge in [-0.1, -0.05) is 13.8 Å². The van der Waals surface area contributed by atoms with Crippen LogP contribution in [-0.4, -0.2) is 24.2 Å². The van der Waals surface area contributed by atoms with Crippen LogP contribution in [0.5, 0.6) is 0 Å². The zero-order chi connectivity index (χ0) is 15.7. The Kier molecular flexibility index (Phi) is 4.34. The summed E-state index contributed by atoms with van der Waals surface area (Å²) in [7, 11) is 0. The highest BCUT2D eigenvalue weighted by Gasteiger charge is 2.61. The van der Waals surface area contributed by atoms with Crippen molar-refractivity contribution in [3.63, 3.8) is 0 Å². The molecule has 0 aliphatic heterocycles. The molecule has 0 radical (unpaired) electrons. The lowest BCUT2D eigenvalue weighted by atomic mass is 9.42. The largest absolute Gasteiger partial charge is 0.235 e. The van der Waals surface area contributed by atoms with E-state index in [2.05, 4.69) is 23.8 Å². The molecule has 120 valence electrons. The van der Waals surface area contributed by atoms with Gasteiger partial charge in [-0.2, -0.15) is 0 Å². The van der Waals surface area contributed by atoms with E-state index in [0.29, 0.717) is 11.8 Å². The van der Waals surface area contributed by atoms with Gasteiger partial charge in [0.05, 0.1) is 12.1 Å². The number of isocyanates is 2. The molecule has 4 bridgehead atoms. The molecular formula is C18H26N2O2. The summed E-state index contributed by atoms with van der Waals surface area (Å²) in [6.07, 6.45) is 11.6. The minimum Gasteiger partial charge on any atom is -0.211 e. The van der Waals surface area contributed by atoms with Crippen LogP contribution in [0.25, 0.3) is 0 Å². The third kappa shape index (κ3) is 2.30. The monoisotopic (exact) mass is 302 g/mol. The van der Waals surface area contributed by atoms with Crippen LogP contribution in [0.3, 0.4) is 0 Å². The van der Waals surface area contributed by atoms with E-state index in [-0.39, 0.29) is 17.5 Å². The van der Waals surface area contributed by atoms with Crippen LogP contribution in [0.2, 0.25) is 0 Å².